The SMILES string of the molecule is CCC(CC)COC(=O)CNP(=O)(Oc1cccc2c1CCCC2)Oc1c(F)c(F)c(F)c(F)c1F. The number of hydrogen-bond acceptors (Lipinski definition) is 5. The summed E-state index contributed by atoms with van der Waals surface area (Å²) < 4.78 is 98.5. The summed E-state index contributed by atoms with van der Waals surface area (Å²) in [5.74, 6) is -14.2. The van der Waals surface area contributed by atoms with Crippen LogP contribution in [0.5, 0.6) is 11.5 Å². The molecule has 0 saturated heterocycles. The van der Waals surface area contributed by atoms with Crippen molar-refractivity contribution >= 4 is 13.7 Å². The number of hydrogen-bond donors (Lipinski definition) is 1. The second kappa shape index (κ2) is 12.1. The lowest BCUT2D eigenvalue weighted by Gasteiger charge is -2.24. The van der Waals surface area contributed by atoms with E-state index in [0.717, 1.165) is 31.2 Å². The van der Waals surface area contributed by atoms with Crippen molar-refractivity contribution in [2.45, 2.75) is 52.4 Å². The molecule has 36 heavy (non-hydrogen) atoms. The number of esters is 1. The van der Waals surface area contributed by atoms with Crippen LogP contribution in [0, 0.1) is 35.0 Å². The Morgan fingerprint density at radius 1 is 0.944 bits per heavy atom. The first-order valence-corrected chi connectivity index (χ1v) is 13.2. The zero-order chi connectivity index (χ0) is 26.5. The number of fused-ring (bicyclic) bond motifs is 1. The number of nitrogens with one attached hydrogen (secondary N) is 1. The molecule has 0 aromatic heterocycles. The number of halogens is 5. The van der Waals surface area contributed by atoms with Crippen LogP contribution < -0.4 is 14.1 Å². The molecule has 6 nitrogen and oxygen atoms in total. The summed E-state index contributed by atoms with van der Waals surface area (Å²) in [6.07, 6.45) is 4.47. The molecule has 0 saturated carbocycles. The number of ether oxygens (including phenoxy) is 1. The zero-order valence-corrected chi connectivity index (χ0v) is 20.7. The number of aryl methyl sites for hydroxylation is 1. The van der Waals surface area contributed by atoms with Gasteiger partial charge in [-0.1, -0.05) is 38.8 Å². The predicted octanol–water partition coefficient (Wildman–Crippen LogP) is 6.40. The Labute approximate surface area is 205 Å². The van der Waals surface area contributed by atoms with Crippen LogP contribution in [-0.2, 0) is 26.9 Å². The molecular formula is C24H27F5NO5P. The minimum Gasteiger partial charge on any atom is -0.464 e. The molecule has 3 rings (SSSR count). The Morgan fingerprint density at radius 2 is 1.56 bits per heavy atom. The minimum atomic E-state index is -4.92. The van der Waals surface area contributed by atoms with Crippen LogP contribution in [0.1, 0.15) is 50.7 Å². The molecule has 2 aromatic rings. The van der Waals surface area contributed by atoms with E-state index in [1.807, 2.05) is 19.9 Å². The summed E-state index contributed by atoms with van der Waals surface area (Å²) >= 11 is 0. The van der Waals surface area contributed by atoms with E-state index in [-0.39, 0.29) is 18.3 Å². The van der Waals surface area contributed by atoms with Crippen molar-refractivity contribution in [3.8, 4) is 11.5 Å². The van der Waals surface area contributed by atoms with Crippen molar-refractivity contribution in [2.75, 3.05) is 13.2 Å². The lowest BCUT2D eigenvalue weighted by atomic mass is 9.91. The molecule has 0 bridgehead atoms. The number of benzene rings is 2. The van der Waals surface area contributed by atoms with Gasteiger partial charge < -0.3 is 13.8 Å². The van der Waals surface area contributed by atoms with Gasteiger partial charge in [-0.05, 0) is 48.8 Å². The molecule has 0 aliphatic heterocycles. The van der Waals surface area contributed by atoms with Gasteiger partial charge in [0.1, 0.15) is 12.3 Å². The van der Waals surface area contributed by atoms with Crippen LogP contribution in [0.25, 0.3) is 0 Å². The van der Waals surface area contributed by atoms with E-state index >= 15 is 0 Å². The van der Waals surface area contributed by atoms with Gasteiger partial charge in [0.05, 0.1) is 6.61 Å². The van der Waals surface area contributed by atoms with Gasteiger partial charge in [-0.15, -0.1) is 0 Å². The molecule has 0 amide bonds. The molecule has 0 fully saturated rings. The summed E-state index contributed by atoms with van der Waals surface area (Å²) in [7, 11) is -4.92. The highest BCUT2D eigenvalue weighted by Crippen LogP contribution is 2.48. The number of carbonyl (C=O) groups excluding carboxylic acids is 1. The van der Waals surface area contributed by atoms with Crippen molar-refractivity contribution in [2.24, 2.45) is 5.92 Å². The third-order valence-corrected chi connectivity index (χ3v) is 7.41. The Bertz CT molecular complexity index is 1130. The highest BCUT2D eigenvalue weighted by molar-refractivity contribution is 7.52. The predicted molar refractivity (Wildman–Crippen MR) is 121 cm³/mol. The van der Waals surface area contributed by atoms with E-state index < -0.39 is 55.1 Å². The highest BCUT2D eigenvalue weighted by atomic mass is 31.2. The van der Waals surface area contributed by atoms with Gasteiger partial charge in [-0.25, -0.2) is 17.7 Å². The van der Waals surface area contributed by atoms with Crippen LogP contribution in [-0.4, -0.2) is 19.1 Å². The largest absolute Gasteiger partial charge is 0.513 e. The number of carbonyl (C=O) groups is 1. The Hall–Kier alpha value is -2.65. The average Bonchev–Trinajstić information content (AvgIpc) is 2.88. The third kappa shape index (κ3) is 6.37. The molecule has 1 N–H and O–H groups in total. The van der Waals surface area contributed by atoms with Crippen LogP contribution in [0.15, 0.2) is 18.2 Å². The van der Waals surface area contributed by atoms with E-state index in [4.69, 9.17) is 13.8 Å². The lowest BCUT2D eigenvalue weighted by molar-refractivity contribution is -0.143. The summed E-state index contributed by atoms with van der Waals surface area (Å²) in [4.78, 5) is 12.2. The maximum Gasteiger partial charge on any atom is 0.513 e. The van der Waals surface area contributed by atoms with Crippen molar-refractivity contribution < 1.29 is 45.1 Å². The van der Waals surface area contributed by atoms with Crippen molar-refractivity contribution in [1.82, 2.24) is 5.09 Å². The van der Waals surface area contributed by atoms with E-state index in [9.17, 15) is 31.3 Å². The average molecular weight is 535 g/mol. The first-order valence-electron chi connectivity index (χ1n) is 11.6. The van der Waals surface area contributed by atoms with Crippen LogP contribution in [0.3, 0.4) is 0 Å². The van der Waals surface area contributed by atoms with Gasteiger partial charge in [-0.2, -0.15) is 13.9 Å². The fourth-order valence-corrected chi connectivity index (χ4v) is 5.10. The van der Waals surface area contributed by atoms with E-state index in [2.05, 4.69) is 5.09 Å². The summed E-state index contributed by atoms with van der Waals surface area (Å²) in [5, 5.41) is 2.13. The Kier molecular flexibility index (Phi) is 9.35. The molecule has 1 atom stereocenters. The number of rotatable bonds is 11. The molecule has 0 spiro atoms. The maximum absolute atomic E-state index is 14.3. The Balaban J connectivity index is 1.91. The smallest absolute Gasteiger partial charge is 0.464 e. The highest BCUT2D eigenvalue weighted by Gasteiger charge is 2.37. The zero-order valence-electron chi connectivity index (χ0n) is 19.8. The molecule has 0 heterocycles. The normalized spacial score (nSPS) is 14.8. The second-order valence-electron chi connectivity index (χ2n) is 8.38. The van der Waals surface area contributed by atoms with E-state index in [0.29, 0.717) is 18.4 Å². The first-order chi connectivity index (χ1) is 17.1. The van der Waals surface area contributed by atoms with Gasteiger partial charge in [-0.3, -0.25) is 4.79 Å². The molecule has 0 radical (unpaired) electrons. The molecule has 198 valence electrons. The van der Waals surface area contributed by atoms with Crippen molar-refractivity contribution in [1.29, 1.82) is 0 Å². The summed E-state index contributed by atoms with van der Waals surface area (Å²) in [6, 6.07) is 4.87. The third-order valence-electron chi connectivity index (χ3n) is 6.00. The van der Waals surface area contributed by atoms with E-state index in [1.165, 1.54) is 6.07 Å². The van der Waals surface area contributed by atoms with Gasteiger partial charge >= 0.3 is 13.7 Å². The monoisotopic (exact) mass is 535 g/mol. The second-order valence-corrected chi connectivity index (χ2v) is 10.1. The van der Waals surface area contributed by atoms with Crippen molar-refractivity contribution in [3.63, 3.8) is 0 Å². The summed E-state index contributed by atoms with van der Waals surface area (Å²) in [6.45, 7) is 3.15. The van der Waals surface area contributed by atoms with Gasteiger partial charge in [0, 0.05) is 0 Å². The lowest BCUT2D eigenvalue weighted by Crippen LogP contribution is -2.28. The van der Waals surface area contributed by atoms with Crippen molar-refractivity contribution in [3.05, 3.63) is 58.4 Å². The topological polar surface area (TPSA) is 73.9 Å². The maximum atomic E-state index is 14.3. The molecular weight excluding hydrogens is 508 g/mol. The van der Waals surface area contributed by atoms with Gasteiger partial charge in [0.2, 0.25) is 34.8 Å². The van der Waals surface area contributed by atoms with Crippen LogP contribution in [0.4, 0.5) is 22.0 Å². The molecule has 2 aromatic carbocycles. The fraction of sp³-hybridized carbons (Fsp3) is 0.458. The quantitative estimate of drug-likeness (QED) is 0.118. The first kappa shape index (κ1) is 27.9. The molecule has 1 aliphatic rings. The van der Waals surface area contributed by atoms with Gasteiger partial charge in [0.15, 0.2) is 0 Å². The molecule has 1 unspecified atom stereocenters. The van der Waals surface area contributed by atoms with Crippen LogP contribution >= 0.6 is 7.75 Å². The van der Waals surface area contributed by atoms with E-state index in [1.54, 1.807) is 6.07 Å². The molecule has 1 aliphatic carbocycles. The minimum absolute atomic E-state index is 0.0392. The summed E-state index contributed by atoms with van der Waals surface area (Å²) in [5.41, 5.74) is 1.56. The standard InChI is InChI=1S/C24H27F5NO5P/c1-3-14(4-2)13-33-18(31)12-30-36(32,34-17-11-7-9-15-8-5-6-10-16(15)17)35-24-22(28)20(26)19(25)21(27)23(24)29/h7,9,11,14H,3-6,8,10,12-13H2,1-2H3,(H,30,32). The Morgan fingerprint density at radius 3 is 2.19 bits per heavy atom. The fourth-order valence-electron chi connectivity index (χ4n) is 3.78. The molecule has 12 heteroatoms. The van der Waals surface area contributed by atoms with Gasteiger partial charge in [0.25, 0.3) is 0 Å². The van der Waals surface area contributed by atoms with Crippen LogP contribution in [0.2, 0.25) is 0 Å².